The summed E-state index contributed by atoms with van der Waals surface area (Å²) in [7, 11) is 2.06. The summed E-state index contributed by atoms with van der Waals surface area (Å²) in [4.78, 5) is 6.26. The molecule has 3 rings (SSSR count). The highest BCUT2D eigenvalue weighted by atomic mass is 35.5. The van der Waals surface area contributed by atoms with E-state index in [0.29, 0.717) is 10.6 Å². The number of para-hydroxylation sites is 1. The number of ether oxygens (including phenoxy) is 1. The second-order valence-electron chi connectivity index (χ2n) is 6.13. The van der Waals surface area contributed by atoms with Gasteiger partial charge in [0.2, 0.25) is 0 Å². The first-order valence-electron chi connectivity index (χ1n) is 8.41. The number of imidazole rings is 1. The van der Waals surface area contributed by atoms with Crippen LogP contribution < -0.4 is 4.74 Å². The second kappa shape index (κ2) is 8.83. The Bertz CT molecular complexity index is 819. The zero-order valence-corrected chi connectivity index (χ0v) is 15.4. The van der Waals surface area contributed by atoms with Gasteiger partial charge in [-0.3, -0.25) is 0 Å². The van der Waals surface area contributed by atoms with Crippen LogP contribution in [-0.4, -0.2) is 28.0 Å². The molecule has 0 fully saturated rings. The van der Waals surface area contributed by atoms with Gasteiger partial charge in [-0.2, -0.15) is 0 Å². The summed E-state index contributed by atoms with van der Waals surface area (Å²) in [5.74, 6) is 0.383. The lowest BCUT2D eigenvalue weighted by Crippen LogP contribution is -2.22. The number of hydrogen-bond donors (Lipinski definition) is 0. The molecule has 3 aromatic rings. The van der Waals surface area contributed by atoms with Crippen LogP contribution in [-0.2, 0) is 19.7 Å². The van der Waals surface area contributed by atoms with Gasteiger partial charge in [0, 0.05) is 43.2 Å². The van der Waals surface area contributed by atoms with Crippen molar-refractivity contribution in [3.63, 3.8) is 0 Å². The molecule has 0 atom stereocenters. The highest BCUT2D eigenvalue weighted by Gasteiger charge is 2.11. The predicted octanol–water partition coefficient (Wildman–Crippen LogP) is 4.39. The molecule has 136 valence electrons. The zero-order chi connectivity index (χ0) is 18.4. The van der Waals surface area contributed by atoms with E-state index in [2.05, 4.69) is 16.9 Å². The van der Waals surface area contributed by atoms with Gasteiger partial charge < -0.3 is 14.2 Å². The van der Waals surface area contributed by atoms with Gasteiger partial charge in [0.15, 0.2) is 0 Å². The monoisotopic (exact) mass is 373 g/mol. The maximum Gasteiger partial charge on any atom is 0.131 e. The topological polar surface area (TPSA) is 30.3 Å². The Balaban J connectivity index is 1.62. The zero-order valence-electron chi connectivity index (χ0n) is 14.6. The molecule has 1 aromatic heterocycles. The number of hydrogen-bond acceptors (Lipinski definition) is 3. The third kappa shape index (κ3) is 4.84. The summed E-state index contributed by atoms with van der Waals surface area (Å²) in [6.45, 7) is 2.57. The van der Waals surface area contributed by atoms with Gasteiger partial charge in [0.05, 0.1) is 11.3 Å². The van der Waals surface area contributed by atoms with Crippen molar-refractivity contribution < 1.29 is 9.13 Å². The number of aromatic nitrogens is 2. The molecular formula is C20H21ClFN3O. The summed E-state index contributed by atoms with van der Waals surface area (Å²) >= 11 is 6.07. The summed E-state index contributed by atoms with van der Waals surface area (Å²) in [5.41, 5.74) is 1.42. The first kappa shape index (κ1) is 18.4. The minimum atomic E-state index is -0.354. The molecule has 0 aliphatic heterocycles. The van der Waals surface area contributed by atoms with E-state index in [9.17, 15) is 4.39 Å². The van der Waals surface area contributed by atoms with Crippen molar-refractivity contribution in [3.05, 3.63) is 83.2 Å². The minimum Gasteiger partial charge on any atom is -0.488 e. The van der Waals surface area contributed by atoms with Crippen molar-refractivity contribution in [2.45, 2.75) is 19.7 Å². The molecule has 0 bridgehead atoms. The summed E-state index contributed by atoms with van der Waals surface area (Å²) < 4.78 is 21.8. The van der Waals surface area contributed by atoms with E-state index in [-0.39, 0.29) is 12.4 Å². The predicted molar refractivity (Wildman–Crippen MR) is 101 cm³/mol. The molecule has 2 aromatic carbocycles. The van der Waals surface area contributed by atoms with Gasteiger partial charge in [-0.15, -0.1) is 0 Å². The highest BCUT2D eigenvalue weighted by Crippen LogP contribution is 2.24. The Kier molecular flexibility index (Phi) is 6.26. The molecule has 0 saturated carbocycles. The van der Waals surface area contributed by atoms with Crippen molar-refractivity contribution in [2.75, 3.05) is 13.6 Å². The molecule has 4 nitrogen and oxygen atoms in total. The molecule has 0 aliphatic rings. The van der Waals surface area contributed by atoms with E-state index in [1.807, 2.05) is 41.4 Å². The van der Waals surface area contributed by atoms with Crippen molar-refractivity contribution in [1.29, 1.82) is 0 Å². The molecule has 1 heterocycles. The van der Waals surface area contributed by atoms with Crippen LogP contribution in [0, 0.1) is 5.82 Å². The lowest BCUT2D eigenvalue weighted by atomic mass is 10.2. The van der Waals surface area contributed by atoms with Gasteiger partial charge in [0.1, 0.15) is 18.2 Å². The van der Waals surface area contributed by atoms with Gasteiger partial charge in [0.25, 0.3) is 0 Å². The smallest absolute Gasteiger partial charge is 0.131 e. The standard InChI is InChI=1S/C20H21ClFN3O/c1-24(11-12-25-10-9-23-15-25)13-16-5-2-3-8-20(16)26-14-17-18(21)6-4-7-19(17)22/h2-10,15H,11-14H2,1H3. The Morgan fingerprint density at radius 1 is 1.19 bits per heavy atom. The third-order valence-corrected chi connectivity index (χ3v) is 4.50. The van der Waals surface area contributed by atoms with Crippen LogP contribution in [0.5, 0.6) is 5.75 Å². The van der Waals surface area contributed by atoms with Crippen LogP contribution in [0.3, 0.4) is 0 Å². The van der Waals surface area contributed by atoms with Gasteiger partial charge >= 0.3 is 0 Å². The molecule has 26 heavy (non-hydrogen) atoms. The van der Waals surface area contributed by atoms with E-state index < -0.39 is 0 Å². The summed E-state index contributed by atoms with van der Waals surface area (Å²) in [5, 5.41) is 0.375. The molecule has 0 N–H and O–H groups in total. The van der Waals surface area contributed by atoms with Crippen LogP contribution in [0.25, 0.3) is 0 Å². The summed E-state index contributed by atoms with van der Waals surface area (Å²) in [6, 6.07) is 12.4. The van der Waals surface area contributed by atoms with Crippen molar-refractivity contribution in [3.8, 4) is 5.75 Å². The van der Waals surface area contributed by atoms with Crippen LogP contribution in [0.4, 0.5) is 4.39 Å². The maximum absolute atomic E-state index is 13.9. The van der Waals surface area contributed by atoms with E-state index in [0.717, 1.165) is 30.9 Å². The first-order valence-corrected chi connectivity index (χ1v) is 8.79. The van der Waals surface area contributed by atoms with Crippen LogP contribution in [0.15, 0.2) is 61.2 Å². The molecule has 0 unspecified atom stereocenters. The number of likely N-dealkylation sites (N-methyl/N-ethyl adjacent to an activating group) is 1. The number of halogens is 2. The van der Waals surface area contributed by atoms with E-state index in [1.54, 1.807) is 18.3 Å². The minimum absolute atomic E-state index is 0.0985. The molecular weight excluding hydrogens is 353 g/mol. The van der Waals surface area contributed by atoms with E-state index in [1.165, 1.54) is 6.07 Å². The van der Waals surface area contributed by atoms with Gasteiger partial charge in [-0.05, 0) is 25.2 Å². The second-order valence-corrected chi connectivity index (χ2v) is 6.54. The molecule has 0 radical (unpaired) electrons. The average molecular weight is 374 g/mol. The Hall–Kier alpha value is -2.37. The Labute approximate surface area is 157 Å². The van der Waals surface area contributed by atoms with Crippen LogP contribution in [0.1, 0.15) is 11.1 Å². The molecule has 0 saturated heterocycles. The average Bonchev–Trinajstić information content (AvgIpc) is 3.14. The molecule has 0 amide bonds. The highest BCUT2D eigenvalue weighted by molar-refractivity contribution is 6.31. The van der Waals surface area contributed by atoms with Gasteiger partial charge in [-0.1, -0.05) is 35.9 Å². The maximum atomic E-state index is 13.9. The van der Waals surface area contributed by atoms with Crippen LogP contribution in [0.2, 0.25) is 5.02 Å². The number of nitrogens with zero attached hydrogens (tertiary/aromatic N) is 3. The largest absolute Gasteiger partial charge is 0.488 e. The number of rotatable bonds is 8. The SMILES string of the molecule is CN(CCn1ccnc1)Cc1ccccc1OCc1c(F)cccc1Cl. The van der Waals surface area contributed by atoms with Crippen LogP contribution >= 0.6 is 11.6 Å². The van der Waals surface area contributed by atoms with E-state index >= 15 is 0 Å². The van der Waals surface area contributed by atoms with Crippen molar-refractivity contribution in [2.24, 2.45) is 0 Å². The van der Waals surface area contributed by atoms with Crippen molar-refractivity contribution >= 4 is 11.6 Å². The molecule has 6 heteroatoms. The lowest BCUT2D eigenvalue weighted by molar-refractivity contribution is 0.277. The molecule has 0 aliphatic carbocycles. The quantitative estimate of drug-likeness (QED) is 0.586. The van der Waals surface area contributed by atoms with E-state index in [4.69, 9.17) is 16.3 Å². The normalized spacial score (nSPS) is 11.1. The fourth-order valence-electron chi connectivity index (χ4n) is 2.67. The first-order chi connectivity index (χ1) is 12.6. The summed E-state index contributed by atoms with van der Waals surface area (Å²) in [6.07, 6.45) is 5.53. The lowest BCUT2D eigenvalue weighted by Gasteiger charge is -2.19. The van der Waals surface area contributed by atoms with Gasteiger partial charge in [-0.25, -0.2) is 9.37 Å². The Morgan fingerprint density at radius 2 is 2.04 bits per heavy atom. The fraction of sp³-hybridized carbons (Fsp3) is 0.250. The van der Waals surface area contributed by atoms with Crippen molar-refractivity contribution in [1.82, 2.24) is 14.5 Å². The number of benzene rings is 2. The Morgan fingerprint density at radius 3 is 2.81 bits per heavy atom. The molecule has 0 spiro atoms. The third-order valence-electron chi connectivity index (χ3n) is 4.15. The fourth-order valence-corrected chi connectivity index (χ4v) is 2.89.